The molecule has 3 aromatic rings. The molecule has 0 aromatic heterocycles. The number of carbonyl (C=O) groups excluding carboxylic acids is 1. The quantitative estimate of drug-likeness (QED) is 0.544. The van der Waals surface area contributed by atoms with Crippen molar-refractivity contribution in [1.82, 2.24) is 0 Å². The van der Waals surface area contributed by atoms with Crippen molar-refractivity contribution in [1.29, 1.82) is 0 Å². The summed E-state index contributed by atoms with van der Waals surface area (Å²) in [6, 6.07) is 31.5. The van der Waals surface area contributed by atoms with Gasteiger partial charge in [-0.25, -0.2) is 0 Å². The Bertz CT molecular complexity index is 811. The molecule has 0 unspecified atom stereocenters. The first kappa shape index (κ1) is 19.4. The zero-order chi connectivity index (χ0) is 19.1. The monoisotopic (exact) mass is 374 g/mol. The maximum Gasteiger partial charge on any atom is 0.157 e. The van der Waals surface area contributed by atoms with E-state index < -0.39 is 6.89 Å². The highest BCUT2D eigenvalue weighted by Crippen LogP contribution is 2.43. The third kappa shape index (κ3) is 4.31. The van der Waals surface area contributed by atoms with Gasteiger partial charge in [0.25, 0.3) is 0 Å². The predicted octanol–water partition coefficient (Wildman–Crippen LogP) is 4.79. The number of hydrogen-bond acceptors (Lipinski definition) is 1. The molecule has 0 spiro atoms. The molecular weight excluding hydrogens is 347 g/mol. The van der Waals surface area contributed by atoms with Crippen LogP contribution in [0.5, 0.6) is 0 Å². The summed E-state index contributed by atoms with van der Waals surface area (Å²) < 4.78 is 0. The van der Waals surface area contributed by atoms with E-state index in [0.717, 1.165) is 6.42 Å². The smallest absolute Gasteiger partial charge is 0.157 e. The van der Waals surface area contributed by atoms with Gasteiger partial charge >= 0.3 is 0 Å². The first-order chi connectivity index (χ1) is 13.2. The Hall–Kier alpha value is -2.37. The minimum Gasteiger partial charge on any atom is -0.295 e. The second kappa shape index (κ2) is 9.02. The SMILES string of the molecule is CC[C@H](C)CC(=O)C=P(c1ccccc1)(c1ccccc1)c1ccccc1. The average Bonchev–Trinajstić information content (AvgIpc) is 2.74. The van der Waals surface area contributed by atoms with Crippen LogP contribution in [0.15, 0.2) is 91.0 Å². The molecule has 0 aliphatic carbocycles. The van der Waals surface area contributed by atoms with Gasteiger partial charge in [-0.15, -0.1) is 0 Å². The molecule has 0 radical (unpaired) electrons. The molecule has 0 saturated heterocycles. The minimum absolute atomic E-state index is 0.245. The topological polar surface area (TPSA) is 17.1 Å². The summed E-state index contributed by atoms with van der Waals surface area (Å²) in [6.07, 6.45) is 1.62. The minimum atomic E-state index is -2.15. The number of carbonyl (C=O) groups is 1. The fraction of sp³-hybridized carbons (Fsp3) is 0.200. The Kier molecular flexibility index (Phi) is 6.48. The van der Waals surface area contributed by atoms with Crippen LogP contribution in [0.1, 0.15) is 26.7 Å². The molecule has 27 heavy (non-hydrogen) atoms. The van der Waals surface area contributed by atoms with Crippen molar-refractivity contribution in [2.75, 3.05) is 0 Å². The summed E-state index contributed by atoms with van der Waals surface area (Å²) in [6.45, 7) is 2.15. The first-order valence-corrected chi connectivity index (χ1v) is 11.5. The van der Waals surface area contributed by atoms with Crippen LogP contribution >= 0.6 is 6.89 Å². The third-order valence-corrected chi connectivity index (χ3v) is 9.09. The van der Waals surface area contributed by atoms with Gasteiger partial charge in [-0.05, 0) is 34.5 Å². The van der Waals surface area contributed by atoms with Crippen molar-refractivity contribution < 1.29 is 4.79 Å². The van der Waals surface area contributed by atoms with Crippen LogP contribution in [0.4, 0.5) is 0 Å². The largest absolute Gasteiger partial charge is 0.295 e. The molecule has 2 heteroatoms. The van der Waals surface area contributed by atoms with Crippen LogP contribution in [-0.4, -0.2) is 11.6 Å². The Morgan fingerprint density at radius 2 is 1.15 bits per heavy atom. The summed E-state index contributed by atoms with van der Waals surface area (Å²) in [5.41, 5.74) is 0. The Balaban J connectivity index is 2.31. The molecule has 0 amide bonds. The van der Waals surface area contributed by atoms with Crippen molar-refractivity contribution in [3.63, 3.8) is 0 Å². The molecule has 138 valence electrons. The number of hydrogen-bond donors (Lipinski definition) is 0. The maximum atomic E-state index is 13.1. The number of Topliss-reactive ketones (excluding diaryl/α,β-unsaturated/α-hetero) is 1. The summed E-state index contributed by atoms with van der Waals surface area (Å²) in [5, 5.41) is 3.67. The number of rotatable bonds is 7. The maximum absolute atomic E-state index is 13.1. The van der Waals surface area contributed by atoms with Crippen LogP contribution in [0.25, 0.3) is 0 Å². The molecule has 0 saturated carbocycles. The lowest BCUT2D eigenvalue weighted by atomic mass is 10.0. The van der Waals surface area contributed by atoms with Crippen molar-refractivity contribution in [2.45, 2.75) is 26.7 Å². The van der Waals surface area contributed by atoms with Crippen molar-refractivity contribution in [2.24, 2.45) is 5.92 Å². The zero-order valence-electron chi connectivity index (χ0n) is 16.1. The van der Waals surface area contributed by atoms with Gasteiger partial charge in [0.2, 0.25) is 0 Å². The Morgan fingerprint density at radius 1 is 0.778 bits per heavy atom. The predicted molar refractivity (Wildman–Crippen MR) is 120 cm³/mol. The van der Waals surface area contributed by atoms with E-state index in [1.165, 1.54) is 15.9 Å². The second-order valence-corrected chi connectivity index (χ2v) is 10.3. The van der Waals surface area contributed by atoms with E-state index in [2.05, 4.69) is 92.4 Å². The van der Waals surface area contributed by atoms with E-state index in [9.17, 15) is 4.79 Å². The van der Waals surface area contributed by atoms with Gasteiger partial charge in [0.1, 0.15) is 0 Å². The fourth-order valence-corrected chi connectivity index (χ4v) is 7.22. The summed E-state index contributed by atoms with van der Waals surface area (Å²) in [7, 11) is 0. The molecule has 1 nitrogen and oxygen atoms in total. The van der Waals surface area contributed by atoms with Crippen molar-refractivity contribution >= 4 is 34.4 Å². The molecule has 0 bridgehead atoms. The summed E-state index contributed by atoms with van der Waals surface area (Å²) in [5.74, 6) is 2.70. The number of ketones is 1. The van der Waals surface area contributed by atoms with E-state index in [1.807, 2.05) is 18.2 Å². The molecule has 3 aromatic carbocycles. The normalized spacial score (nSPS) is 12.4. The highest BCUT2D eigenvalue weighted by molar-refractivity contribution is 7.95. The van der Waals surface area contributed by atoms with Gasteiger partial charge in [-0.1, -0.05) is 111 Å². The number of benzene rings is 3. The first-order valence-electron chi connectivity index (χ1n) is 9.61. The molecule has 0 aliphatic heterocycles. The molecule has 0 N–H and O–H groups in total. The van der Waals surface area contributed by atoms with Crippen LogP contribution in [0, 0.1) is 5.92 Å². The van der Waals surface area contributed by atoms with E-state index >= 15 is 0 Å². The molecule has 3 rings (SSSR count). The second-order valence-electron chi connectivity index (χ2n) is 7.04. The average molecular weight is 374 g/mol. The van der Waals surface area contributed by atoms with Crippen LogP contribution in [0.3, 0.4) is 0 Å². The van der Waals surface area contributed by atoms with Crippen LogP contribution in [-0.2, 0) is 4.79 Å². The summed E-state index contributed by atoms with van der Waals surface area (Å²) >= 11 is 0. The van der Waals surface area contributed by atoms with E-state index in [0.29, 0.717) is 12.3 Å². The lowest BCUT2D eigenvalue weighted by molar-refractivity contribution is -0.113. The van der Waals surface area contributed by atoms with Crippen LogP contribution in [0.2, 0.25) is 0 Å². The standard InChI is InChI=1S/C25H27OP/c1-3-21(2)19-22(26)20-27(23-13-7-4-8-14-23,24-15-9-5-10-16-24)25-17-11-6-12-18-25/h4-18,20-21H,3,19H2,1-2H3/t21-/m0/s1. The molecule has 1 atom stereocenters. The van der Waals surface area contributed by atoms with Gasteiger partial charge in [0, 0.05) is 6.42 Å². The molecule has 0 aliphatic rings. The lowest BCUT2D eigenvalue weighted by Gasteiger charge is -2.28. The lowest BCUT2D eigenvalue weighted by Crippen LogP contribution is -2.28. The molecule has 0 heterocycles. The summed E-state index contributed by atoms with van der Waals surface area (Å²) in [4.78, 5) is 13.1. The Labute approximate surface area is 163 Å². The van der Waals surface area contributed by atoms with E-state index in [4.69, 9.17) is 0 Å². The zero-order valence-corrected chi connectivity index (χ0v) is 17.0. The molecular formula is C25H27OP. The van der Waals surface area contributed by atoms with Gasteiger partial charge in [0.15, 0.2) is 5.78 Å². The third-order valence-electron chi connectivity index (χ3n) is 5.07. The van der Waals surface area contributed by atoms with Gasteiger partial charge in [-0.2, -0.15) is 0 Å². The Morgan fingerprint density at radius 3 is 1.48 bits per heavy atom. The van der Waals surface area contributed by atoms with Gasteiger partial charge < -0.3 is 0 Å². The highest BCUT2D eigenvalue weighted by Gasteiger charge is 2.26. The van der Waals surface area contributed by atoms with Crippen LogP contribution < -0.4 is 15.9 Å². The van der Waals surface area contributed by atoms with E-state index in [1.54, 1.807) is 0 Å². The van der Waals surface area contributed by atoms with Gasteiger partial charge in [0.05, 0.1) is 0 Å². The van der Waals surface area contributed by atoms with Crippen molar-refractivity contribution in [3.8, 4) is 0 Å². The fourth-order valence-electron chi connectivity index (χ4n) is 3.42. The van der Waals surface area contributed by atoms with E-state index in [-0.39, 0.29) is 5.78 Å². The highest BCUT2D eigenvalue weighted by atomic mass is 31.2. The molecule has 0 fully saturated rings. The van der Waals surface area contributed by atoms with Crippen molar-refractivity contribution in [3.05, 3.63) is 91.0 Å². The van der Waals surface area contributed by atoms with Gasteiger partial charge in [-0.3, -0.25) is 4.79 Å².